The molecule has 6 rings (SSSR count). The van der Waals surface area contributed by atoms with Gasteiger partial charge in [0.05, 0.1) is 11.4 Å². The zero-order chi connectivity index (χ0) is 28.3. The molecule has 0 aliphatic carbocycles. The maximum absolute atomic E-state index is 13.8. The number of hydrogen-bond acceptors (Lipinski definition) is 4. The van der Waals surface area contributed by atoms with Crippen LogP contribution in [-0.4, -0.2) is 17.8 Å². The minimum Gasteiger partial charge on any atom is -0.488 e. The van der Waals surface area contributed by atoms with Crippen LogP contribution < -0.4 is 14.5 Å². The molecule has 0 bridgehead atoms. The van der Waals surface area contributed by atoms with E-state index in [1.54, 1.807) is 72.8 Å². The van der Waals surface area contributed by atoms with Crippen LogP contribution in [0.3, 0.4) is 0 Å². The highest BCUT2D eigenvalue weighted by atomic mass is 79.9. The van der Waals surface area contributed by atoms with Crippen molar-refractivity contribution in [3.63, 3.8) is 0 Å². The SMILES string of the molecule is O=C1C(=Cc2cc(Br)ccc2OCc2cccc3ccccc23)C(=O)N(c2ccccc2)C(=O)N1c1ccccc1. The van der Waals surface area contributed by atoms with Crippen molar-refractivity contribution in [3.8, 4) is 5.75 Å². The molecule has 200 valence electrons. The molecule has 1 aliphatic rings. The number of rotatable bonds is 6. The summed E-state index contributed by atoms with van der Waals surface area (Å²) in [6.45, 7) is 0.284. The van der Waals surface area contributed by atoms with E-state index in [0.29, 0.717) is 22.7 Å². The highest BCUT2D eigenvalue weighted by molar-refractivity contribution is 9.10. The van der Waals surface area contributed by atoms with Crippen molar-refractivity contribution >= 4 is 62.0 Å². The van der Waals surface area contributed by atoms with Crippen molar-refractivity contribution in [2.75, 3.05) is 9.80 Å². The number of amides is 4. The fourth-order valence-electron chi connectivity index (χ4n) is 4.83. The number of anilines is 2. The Labute approximate surface area is 245 Å². The number of carbonyl (C=O) groups is 3. The Hall–Kier alpha value is -5.01. The third-order valence-electron chi connectivity index (χ3n) is 6.81. The summed E-state index contributed by atoms with van der Waals surface area (Å²) in [6.07, 6.45) is 1.49. The van der Waals surface area contributed by atoms with E-state index in [-0.39, 0.29) is 12.2 Å². The van der Waals surface area contributed by atoms with Gasteiger partial charge in [0.2, 0.25) is 0 Å². The first-order valence-electron chi connectivity index (χ1n) is 12.9. The minimum atomic E-state index is -0.740. The quantitative estimate of drug-likeness (QED) is 0.147. The van der Waals surface area contributed by atoms with Gasteiger partial charge >= 0.3 is 6.03 Å². The van der Waals surface area contributed by atoms with Crippen molar-refractivity contribution in [3.05, 3.63) is 143 Å². The molecule has 0 saturated carbocycles. The van der Waals surface area contributed by atoms with E-state index < -0.39 is 17.8 Å². The van der Waals surface area contributed by atoms with Gasteiger partial charge in [-0.2, -0.15) is 0 Å². The zero-order valence-electron chi connectivity index (χ0n) is 21.7. The number of fused-ring (bicyclic) bond motifs is 1. The third-order valence-corrected chi connectivity index (χ3v) is 7.31. The molecule has 1 heterocycles. The topological polar surface area (TPSA) is 66.9 Å². The molecule has 1 fully saturated rings. The summed E-state index contributed by atoms with van der Waals surface area (Å²) in [5, 5.41) is 2.19. The summed E-state index contributed by atoms with van der Waals surface area (Å²) >= 11 is 3.50. The Bertz CT molecular complexity index is 1750. The number of barbiturate groups is 1. The van der Waals surface area contributed by atoms with Crippen LogP contribution in [0, 0.1) is 0 Å². The standard InChI is InChI=1S/C34H23BrN2O4/c35-26-18-19-31(41-22-24-12-9-11-23-10-7-8-17-29(23)24)25(20-26)21-30-32(38)36(27-13-3-1-4-14-27)34(40)37(33(30)39)28-15-5-2-6-16-28/h1-21H,22H2. The van der Waals surface area contributed by atoms with Crippen molar-refractivity contribution in [1.82, 2.24) is 0 Å². The first-order valence-corrected chi connectivity index (χ1v) is 13.7. The van der Waals surface area contributed by atoms with E-state index in [2.05, 4.69) is 15.9 Å². The molecule has 41 heavy (non-hydrogen) atoms. The molecule has 5 aromatic carbocycles. The van der Waals surface area contributed by atoms with E-state index in [1.165, 1.54) is 6.08 Å². The number of hydrogen-bond donors (Lipinski definition) is 0. The fourth-order valence-corrected chi connectivity index (χ4v) is 5.21. The van der Waals surface area contributed by atoms with Crippen LogP contribution in [-0.2, 0) is 16.2 Å². The highest BCUT2D eigenvalue weighted by Crippen LogP contribution is 2.32. The van der Waals surface area contributed by atoms with Gasteiger partial charge in [0.15, 0.2) is 0 Å². The summed E-state index contributed by atoms with van der Waals surface area (Å²) in [4.78, 5) is 43.2. The minimum absolute atomic E-state index is 0.162. The Morgan fingerprint density at radius 1 is 0.659 bits per heavy atom. The van der Waals surface area contributed by atoms with Gasteiger partial charge in [0.25, 0.3) is 11.8 Å². The summed E-state index contributed by atoms with van der Waals surface area (Å²) < 4.78 is 7.00. The number of imide groups is 2. The molecule has 0 N–H and O–H groups in total. The normalized spacial score (nSPS) is 13.6. The maximum Gasteiger partial charge on any atom is 0.343 e. The van der Waals surface area contributed by atoms with E-state index in [9.17, 15) is 14.4 Å². The number of nitrogens with zero attached hydrogens (tertiary/aromatic N) is 2. The maximum atomic E-state index is 13.8. The van der Waals surface area contributed by atoms with Crippen LogP contribution in [0.15, 0.2) is 131 Å². The molecule has 4 amide bonds. The highest BCUT2D eigenvalue weighted by Gasteiger charge is 2.43. The Kier molecular flexibility index (Phi) is 7.18. The number of carbonyl (C=O) groups excluding carboxylic acids is 3. The van der Waals surface area contributed by atoms with Gasteiger partial charge in [-0.3, -0.25) is 9.59 Å². The van der Waals surface area contributed by atoms with Gasteiger partial charge in [-0.1, -0.05) is 94.8 Å². The zero-order valence-corrected chi connectivity index (χ0v) is 23.3. The number of benzene rings is 5. The Balaban J connectivity index is 1.41. The third kappa shape index (κ3) is 5.15. The van der Waals surface area contributed by atoms with Crippen LogP contribution in [0.25, 0.3) is 16.8 Å². The lowest BCUT2D eigenvalue weighted by molar-refractivity contribution is -0.121. The van der Waals surface area contributed by atoms with E-state index >= 15 is 0 Å². The van der Waals surface area contributed by atoms with Crippen LogP contribution >= 0.6 is 15.9 Å². The number of urea groups is 1. The molecule has 1 aliphatic heterocycles. The second kappa shape index (κ2) is 11.2. The molecule has 7 heteroatoms. The average molecular weight is 603 g/mol. The molecule has 0 aromatic heterocycles. The second-order valence-electron chi connectivity index (χ2n) is 9.40. The van der Waals surface area contributed by atoms with Crippen LogP contribution in [0.2, 0.25) is 0 Å². The number of halogens is 1. The first kappa shape index (κ1) is 26.2. The molecule has 0 atom stereocenters. The van der Waals surface area contributed by atoms with E-state index in [0.717, 1.165) is 30.6 Å². The van der Waals surface area contributed by atoms with Crippen molar-refractivity contribution in [1.29, 1.82) is 0 Å². The van der Waals surface area contributed by atoms with Crippen LogP contribution in [0.4, 0.5) is 16.2 Å². The summed E-state index contributed by atoms with van der Waals surface area (Å²) in [5.74, 6) is -0.930. The largest absolute Gasteiger partial charge is 0.488 e. The first-order chi connectivity index (χ1) is 20.0. The van der Waals surface area contributed by atoms with E-state index in [1.807, 2.05) is 48.5 Å². The Morgan fingerprint density at radius 2 is 1.24 bits per heavy atom. The lowest BCUT2D eigenvalue weighted by Crippen LogP contribution is -2.57. The summed E-state index contributed by atoms with van der Waals surface area (Å²) in [5.41, 5.74) is 2.09. The number of ether oxygens (including phenoxy) is 1. The molecular weight excluding hydrogens is 580 g/mol. The average Bonchev–Trinajstić information content (AvgIpc) is 3.00. The molecule has 0 spiro atoms. The van der Waals surface area contributed by atoms with Gasteiger partial charge < -0.3 is 4.74 Å². The van der Waals surface area contributed by atoms with Gasteiger partial charge in [0.1, 0.15) is 17.9 Å². The molecule has 6 nitrogen and oxygen atoms in total. The molecular formula is C34H23BrN2O4. The van der Waals surface area contributed by atoms with Crippen molar-refractivity contribution in [2.24, 2.45) is 0 Å². The Morgan fingerprint density at radius 3 is 1.90 bits per heavy atom. The van der Waals surface area contributed by atoms with Gasteiger partial charge in [-0.25, -0.2) is 14.6 Å². The summed E-state index contributed by atoms with van der Waals surface area (Å²) in [7, 11) is 0. The molecule has 1 saturated heterocycles. The van der Waals surface area contributed by atoms with E-state index in [4.69, 9.17) is 4.74 Å². The van der Waals surface area contributed by atoms with Crippen molar-refractivity contribution in [2.45, 2.75) is 6.61 Å². The fraction of sp³-hybridized carbons (Fsp3) is 0.0294. The predicted octanol–water partition coefficient (Wildman–Crippen LogP) is 7.76. The van der Waals surface area contributed by atoms with Crippen molar-refractivity contribution < 1.29 is 19.1 Å². The number of para-hydroxylation sites is 2. The van der Waals surface area contributed by atoms with Crippen LogP contribution in [0.5, 0.6) is 5.75 Å². The lowest BCUT2D eigenvalue weighted by atomic mass is 10.0. The van der Waals surface area contributed by atoms with Gasteiger partial charge in [-0.05, 0) is 64.9 Å². The summed E-state index contributed by atoms with van der Waals surface area (Å²) in [6, 6.07) is 35.9. The smallest absolute Gasteiger partial charge is 0.343 e. The van der Waals surface area contributed by atoms with Crippen LogP contribution in [0.1, 0.15) is 11.1 Å². The van der Waals surface area contributed by atoms with Gasteiger partial charge in [0, 0.05) is 10.0 Å². The molecule has 0 unspecified atom stereocenters. The monoisotopic (exact) mass is 602 g/mol. The van der Waals surface area contributed by atoms with Gasteiger partial charge in [-0.15, -0.1) is 0 Å². The lowest BCUT2D eigenvalue weighted by Gasteiger charge is -2.34. The molecule has 5 aromatic rings. The molecule has 0 radical (unpaired) electrons. The predicted molar refractivity (Wildman–Crippen MR) is 164 cm³/mol. The second-order valence-corrected chi connectivity index (χ2v) is 10.3.